The standard InChI is InChI=1S/C34H28N6O4/c1-19(2)25-9-27(39(29-11-35-15-41-29)30-12-36-16-42-30)23-8-6-22-26(20(3)4)10-28(24-7-5-21(25)33(23)34(22)24)40(31-13-37-17-43-31)32-14-38-18-44-32/h5-20H,1-4H3. The van der Waals surface area contributed by atoms with E-state index in [0.29, 0.717) is 23.5 Å². The van der Waals surface area contributed by atoms with Crippen LogP contribution in [0, 0.1) is 0 Å². The Kier molecular flexibility index (Phi) is 5.90. The van der Waals surface area contributed by atoms with Crippen molar-refractivity contribution in [2.75, 3.05) is 9.80 Å². The minimum Gasteiger partial charge on any atom is -0.427 e. The third kappa shape index (κ3) is 3.87. The Bertz CT molecular complexity index is 1960. The molecule has 10 heteroatoms. The molecule has 8 rings (SSSR count). The summed E-state index contributed by atoms with van der Waals surface area (Å²) < 4.78 is 23.3. The van der Waals surface area contributed by atoms with Crippen molar-refractivity contribution in [3.05, 3.63) is 97.9 Å². The molecule has 0 saturated heterocycles. The molecule has 0 aliphatic rings. The molecule has 44 heavy (non-hydrogen) atoms. The van der Waals surface area contributed by atoms with E-state index in [-0.39, 0.29) is 11.8 Å². The molecule has 0 amide bonds. The molecule has 4 aromatic heterocycles. The van der Waals surface area contributed by atoms with Gasteiger partial charge >= 0.3 is 0 Å². The lowest BCUT2D eigenvalue weighted by Gasteiger charge is -2.27. The van der Waals surface area contributed by atoms with Gasteiger partial charge in [-0.3, -0.25) is 0 Å². The van der Waals surface area contributed by atoms with Gasteiger partial charge in [-0.25, -0.2) is 29.7 Å². The fourth-order valence-electron chi connectivity index (χ4n) is 6.30. The van der Waals surface area contributed by atoms with E-state index in [0.717, 1.165) is 32.9 Å². The quantitative estimate of drug-likeness (QED) is 0.160. The zero-order valence-electron chi connectivity index (χ0n) is 24.6. The predicted octanol–water partition coefficient (Wildman–Crippen LogP) is 9.72. The number of oxazole rings is 4. The molecular weight excluding hydrogens is 556 g/mol. The number of rotatable bonds is 8. The molecule has 218 valence electrons. The Labute approximate surface area is 251 Å². The summed E-state index contributed by atoms with van der Waals surface area (Å²) in [6.45, 7) is 8.85. The van der Waals surface area contributed by atoms with Crippen LogP contribution < -0.4 is 9.80 Å². The first-order valence-electron chi connectivity index (χ1n) is 14.4. The molecule has 8 aromatic rings. The van der Waals surface area contributed by atoms with Gasteiger partial charge in [0.05, 0.1) is 36.2 Å². The highest BCUT2D eigenvalue weighted by atomic mass is 16.4. The highest BCUT2D eigenvalue weighted by molar-refractivity contribution is 6.29. The first-order chi connectivity index (χ1) is 21.5. The van der Waals surface area contributed by atoms with Crippen LogP contribution in [-0.4, -0.2) is 19.9 Å². The highest BCUT2D eigenvalue weighted by Crippen LogP contribution is 2.50. The van der Waals surface area contributed by atoms with Crippen LogP contribution in [0.3, 0.4) is 0 Å². The number of nitrogens with zero attached hydrogens (tertiary/aromatic N) is 6. The van der Waals surface area contributed by atoms with E-state index >= 15 is 0 Å². The average molecular weight is 585 g/mol. The topological polar surface area (TPSA) is 111 Å². The lowest BCUT2D eigenvalue weighted by Crippen LogP contribution is -2.12. The Morgan fingerprint density at radius 3 is 1.07 bits per heavy atom. The minimum atomic E-state index is 0.230. The number of anilines is 6. The zero-order chi connectivity index (χ0) is 29.9. The van der Waals surface area contributed by atoms with Gasteiger partial charge in [-0.1, -0.05) is 52.0 Å². The van der Waals surface area contributed by atoms with Crippen LogP contribution in [-0.2, 0) is 0 Å². The maximum absolute atomic E-state index is 5.84. The van der Waals surface area contributed by atoms with Gasteiger partial charge in [-0.05, 0) is 56.6 Å². The zero-order valence-corrected chi connectivity index (χ0v) is 24.6. The third-order valence-corrected chi connectivity index (χ3v) is 8.20. The Hall–Kier alpha value is -5.64. The van der Waals surface area contributed by atoms with Crippen LogP contribution >= 0.6 is 0 Å². The van der Waals surface area contributed by atoms with E-state index in [2.05, 4.69) is 84.0 Å². The van der Waals surface area contributed by atoms with E-state index in [1.165, 1.54) is 47.5 Å². The molecule has 0 radical (unpaired) electrons. The van der Waals surface area contributed by atoms with Crippen molar-refractivity contribution in [1.82, 2.24) is 19.9 Å². The number of hydrogen-bond acceptors (Lipinski definition) is 10. The van der Waals surface area contributed by atoms with Crippen LogP contribution in [0.1, 0.15) is 50.7 Å². The summed E-state index contributed by atoms with van der Waals surface area (Å²) in [6.07, 6.45) is 12.4. The van der Waals surface area contributed by atoms with Crippen molar-refractivity contribution < 1.29 is 17.7 Å². The first kappa shape index (κ1) is 26.0. The van der Waals surface area contributed by atoms with Crippen LogP contribution in [0.25, 0.3) is 32.3 Å². The molecule has 0 bridgehead atoms. The second kappa shape index (κ2) is 9.98. The summed E-state index contributed by atoms with van der Waals surface area (Å²) in [6, 6.07) is 13.3. The fourth-order valence-corrected chi connectivity index (χ4v) is 6.30. The molecule has 0 spiro atoms. The summed E-state index contributed by atoms with van der Waals surface area (Å²) in [7, 11) is 0. The molecule has 4 heterocycles. The lowest BCUT2D eigenvalue weighted by molar-refractivity contribution is 0.532. The van der Waals surface area contributed by atoms with Crippen molar-refractivity contribution in [3.8, 4) is 0 Å². The van der Waals surface area contributed by atoms with Crippen molar-refractivity contribution >= 4 is 67.2 Å². The normalized spacial score (nSPS) is 12.0. The monoisotopic (exact) mass is 584 g/mol. The van der Waals surface area contributed by atoms with Gasteiger partial charge in [0.25, 0.3) is 0 Å². The molecule has 0 aliphatic heterocycles. The van der Waals surface area contributed by atoms with Crippen LogP contribution in [0.2, 0.25) is 0 Å². The van der Waals surface area contributed by atoms with Gasteiger partial charge in [0.2, 0.25) is 23.5 Å². The number of benzene rings is 4. The summed E-state index contributed by atoms with van der Waals surface area (Å²) in [5, 5.41) is 6.73. The smallest absolute Gasteiger partial charge is 0.227 e. The summed E-state index contributed by atoms with van der Waals surface area (Å²) >= 11 is 0. The Balaban J connectivity index is 1.53. The van der Waals surface area contributed by atoms with Crippen LogP contribution in [0.15, 0.2) is 104 Å². The summed E-state index contributed by atoms with van der Waals surface area (Å²) in [4.78, 5) is 20.7. The maximum atomic E-state index is 5.84. The fraction of sp³-hybridized carbons (Fsp3) is 0.176. The van der Waals surface area contributed by atoms with Crippen molar-refractivity contribution in [2.24, 2.45) is 0 Å². The van der Waals surface area contributed by atoms with Gasteiger partial charge in [-0.15, -0.1) is 0 Å². The van der Waals surface area contributed by atoms with E-state index < -0.39 is 0 Å². The van der Waals surface area contributed by atoms with Crippen LogP contribution in [0.5, 0.6) is 0 Å². The summed E-state index contributed by atoms with van der Waals surface area (Å²) in [5.74, 6) is 2.56. The Morgan fingerprint density at radius 2 is 0.795 bits per heavy atom. The van der Waals surface area contributed by atoms with E-state index in [4.69, 9.17) is 17.7 Å². The largest absolute Gasteiger partial charge is 0.427 e. The Morgan fingerprint density at radius 1 is 0.477 bits per heavy atom. The summed E-state index contributed by atoms with van der Waals surface area (Å²) in [5.41, 5.74) is 4.21. The number of aromatic nitrogens is 4. The van der Waals surface area contributed by atoms with E-state index in [9.17, 15) is 0 Å². The van der Waals surface area contributed by atoms with Crippen LogP contribution in [0.4, 0.5) is 34.9 Å². The van der Waals surface area contributed by atoms with E-state index in [1.54, 1.807) is 24.8 Å². The van der Waals surface area contributed by atoms with Crippen molar-refractivity contribution in [3.63, 3.8) is 0 Å². The minimum absolute atomic E-state index is 0.230. The van der Waals surface area contributed by atoms with Gasteiger partial charge in [0, 0.05) is 10.8 Å². The van der Waals surface area contributed by atoms with Crippen molar-refractivity contribution in [2.45, 2.75) is 39.5 Å². The molecule has 0 atom stereocenters. The molecule has 0 aliphatic carbocycles. The number of hydrogen-bond donors (Lipinski definition) is 0. The van der Waals surface area contributed by atoms with Gasteiger partial charge in [0.15, 0.2) is 25.6 Å². The van der Waals surface area contributed by atoms with Gasteiger partial charge in [0.1, 0.15) is 0 Å². The van der Waals surface area contributed by atoms with Gasteiger partial charge < -0.3 is 17.7 Å². The first-order valence-corrected chi connectivity index (χ1v) is 14.4. The highest BCUT2D eigenvalue weighted by Gasteiger charge is 2.28. The molecule has 0 unspecified atom stereocenters. The molecule has 0 N–H and O–H groups in total. The average Bonchev–Trinajstić information content (AvgIpc) is 3.86. The molecule has 0 saturated carbocycles. The second-order valence-electron chi connectivity index (χ2n) is 11.4. The molecule has 10 nitrogen and oxygen atoms in total. The van der Waals surface area contributed by atoms with E-state index in [1.807, 2.05) is 9.80 Å². The maximum Gasteiger partial charge on any atom is 0.227 e. The third-order valence-electron chi connectivity index (χ3n) is 8.20. The molecular formula is C34H28N6O4. The molecule has 0 fully saturated rings. The lowest BCUT2D eigenvalue weighted by atomic mass is 9.84. The SMILES string of the molecule is CC(C)c1cc(N(c2cnco2)c2cnco2)c2ccc3c(C(C)C)cc(N(c4cnco4)c4cnco4)c4ccc1c2c34. The predicted molar refractivity (Wildman–Crippen MR) is 168 cm³/mol. The van der Waals surface area contributed by atoms with Gasteiger partial charge in [-0.2, -0.15) is 0 Å². The van der Waals surface area contributed by atoms with Crippen molar-refractivity contribution in [1.29, 1.82) is 0 Å². The molecule has 4 aromatic carbocycles. The second-order valence-corrected chi connectivity index (χ2v) is 11.4.